The fourth-order valence-electron chi connectivity index (χ4n) is 5.26. The highest BCUT2D eigenvalue weighted by molar-refractivity contribution is 7.93. The monoisotopic (exact) mass is 598 g/mol. The SMILES string of the molecule is C/C(=C(/C#N)S(=O)(=O)N[C@H]1C(O)O[C@H](CO)[C@@H](O)[C@@H]1O)c1ccc(-c2ccc3cc(N4CCN(C)CC4)ccc3c2)o1. The second-order valence-electron chi connectivity index (χ2n) is 10.6. The summed E-state index contributed by atoms with van der Waals surface area (Å²) in [5.74, 6) is 0.612. The Hall–Kier alpha value is -3.32. The number of rotatable bonds is 7. The Balaban J connectivity index is 1.37. The Bertz CT molecular complexity index is 1620. The van der Waals surface area contributed by atoms with Gasteiger partial charge in [-0.1, -0.05) is 18.2 Å². The van der Waals surface area contributed by atoms with Crippen molar-refractivity contribution in [2.24, 2.45) is 0 Å². The molecule has 0 spiro atoms. The summed E-state index contributed by atoms with van der Waals surface area (Å²) < 4.78 is 39.3. The van der Waals surface area contributed by atoms with Gasteiger partial charge in [0.1, 0.15) is 41.9 Å². The average molecular weight is 599 g/mol. The lowest BCUT2D eigenvalue weighted by atomic mass is 9.98. The molecule has 2 aliphatic heterocycles. The number of nitrogens with zero attached hydrogens (tertiary/aromatic N) is 3. The largest absolute Gasteiger partial charge is 0.456 e. The van der Waals surface area contributed by atoms with Crippen LogP contribution in [-0.4, -0.2) is 104 Å². The van der Waals surface area contributed by atoms with Crippen molar-refractivity contribution < 1.29 is 38.0 Å². The highest BCUT2D eigenvalue weighted by atomic mass is 32.2. The third-order valence-electron chi connectivity index (χ3n) is 7.85. The van der Waals surface area contributed by atoms with Crippen molar-refractivity contribution in [3.63, 3.8) is 0 Å². The molecule has 5 N–H and O–H groups in total. The number of hydrogen-bond acceptors (Lipinski definition) is 11. The van der Waals surface area contributed by atoms with Crippen LogP contribution in [-0.2, 0) is 14.8 Å². The molecule has 5 rings (SSSR count). The predicted molar refractivity (Wildman–Crippen MR) is 155 cm³/mol. The van der Waals surface area contributed by atoms with Crippen LogP contribution in [0.25, 0.3) is 27.7 Å². The zero-order valence-electron chi connectivity index (χ0n) is 23.2. The Morgan fingerprint density at radius 3 is 2.40 bits per heavy atom. The van der Waals surface area contributed by atoms with E-state index in [1.54, 1.807) is 18.2 Å². The fraction of sp³-hybridized carbons (Fsp3) is 0.414. The maximum Gasteiger partial charge on any atom is 0.251 e. The van der Waals surface area contributed by atoms with Crippen LogP contribution in [0.5, 0.6) is 0 Å². The second kappa shape index (κ2) is 12.1. The van der Waals surface area contributed by atoms with Gasteiger partial charge in [0.2, 0.25) is 0 Å². The number of aliphatic hydroxyl groups is 4. The molecule has 0 radical (unpaired) electrons. The lowest BCUT2D eigenvalue weighted by Crippen LogP contribution is -2.64. The number of nitrogens with one attached hydrogen (secondary N) is 1. The number of nitriles is 1. The van der Waals surface area contributed by atoms with Gasteiger partial charge in [-0.15, -0.1) is 0 Å². The number of ether oxygens (including phenoxy) is 1. The summed E-state index contributed by atoms with van der Waals surface area (Å²) in [4.78, 5) is 3.98. The summed E-state index contributed by atoms with van der Waals surface area (Å²) in [5.41, 5.74) is 1.94. The number of allylic oxidation sites excluding steroid dienone is 2. The second-order valence-corrected chi connectivity index (χ2v) is 12.3. The highest BCUT2D eigenvalue weighted by Gasteiger charge is 2.46. The number of anilines is 1. The number of aliphatic hydroxyl groups excluding tert-OH is 4. The molecule has 5 atom stereocenters. The molecule has 0 saturated carbocycles. The summed E-state index contributed by atoms with van der Waals surface area (Å²) in [6.45, 7) is 4.68. The van der Waals surface area contributed by atoms with E-state index in [-0.39, 0.29) is 11.3 Å². The van der Waals surface area contributed by atoms with Gasteiger partial charge >= 0.3 is 0 Å². The molecule has 2 saturated heterocycles. The van der Waals surface area contributed by atoms with Gasteiger partial charge in [0.05, 0.1) is 6.61 Å². The van der Waals surface area contributed by atoms with Crippen LogP contribution >= 0.6 is 0 Å². The summed E-state index contributed by atoms with van der Waals surface area (Å²) in [6.07, 6.45) is -6.66. The predicted octanol–water partition coefficient (Wildman–Crippen LogP) is 0.825. The first kappa shape index (κ1) is 30.1. The van der Waals surface area contributed by atoms with E-state index in [1.165, 1.54) is 12.6 Å². The molecule has 1 aromatic heterocycles. The molecule has 13 heteroatoms. The molecule has 3 aromatic rings. The maximum atomic E-state index is 13.1. The number of furan rings is 1. The van der Waals surface area contributed by atoms with Gasteiger partial charge in [0.15, 0.2) is 11.2 Å². The maximum absolute atomic E-state index is 13.1. The van der Waals surface area contributed by atoms with Gasteiger partial charge in [-0.05, 0) is 55.1 Å². The van der Waals surface area contributed by atoms with E-state index in [0.717, 1.165) is 42.5 Å². The van der Waals surface area contributed by atoms with Crippen molar-refractivity contribution in [2.45, 2.75) is 37.6 Å². The molecule has 42 heavy (non-hydrogen) atoms. The van der Waals surface area contributed by atoms with Gasteiger partial charge < -0.3 is 39.4 Å². The summed E-state index contributed by atoms with van der Waals surface area (Å²) >= 11 is 0. The summed E-state index contributed by atoms with van der Waals surface area (Å²) in [7, 11) is -2.48. The third kappa shape index (κ3) is 5.94. The molecule has 12 nitrogen and oxygen atoms in total. The van der Waals surface area contributed by atoms with Crippen LogP contribution in [0.1, 0.15) is 12.7 Å². The van der Waals surface area contributed by atoms with Crippen LogP contribution in [0.2, 0.25) is 0 Å². The Morgan fingerprint density at radius 2 is 1.71 bits per heavy atom. The molecule has 1 unspecified atom stereocenters. The highest BCUT2D eigenvalue weighted by Crippen LogP contribution is 2.32. The molecular formula is C29H34N4O8S. The minimum absolute atomic E-state index is 0.00310. The van der Waals surface area contributed by atoms with Crippen LogP contribution in [0.15, 0.2) is 57.9 Å². The minimum atomic E-state index is -4.61. The van der Waals surface area contributed by atoms with E-state index in [9.17, 15) is 34.1 Å². The molecule has 3 heterocycles. The van der Waals surface area contributed by atoms with Crippen LogP contribution in [0, 0.1) is 11.3 Å². The van der Waals surface area contributed by atoms with Crippen molar-refractivity contribution >= 4 is 32.1 Å². The van der Waals surface area contributed by atoms with E-state index >= 15 is 0 Å². The van der Waals surface area contributed by atoms with Gasteiger partial charge in [-0.3, -0.25) is 0 Å². The number of fused-ring (bicyclic) bond motifs is 1. The van der Waals surface area contributed by atoms with Gasteiger partial charge in [-0.25, -0.2) is 8.42 Å². The topological polar surface area (TPSA) is 180 Å². The lowest BCUT2D eigenvalue weighted by Gasteiger charge is -2.40. The van der Waals surface area contributed by atoms with Crippen molar-refractivity contribution in [2.75, 3.05) is 44.7 Å². The zero-order chi connectivity index (χ0) is 30.2. The number of hydrogen-bond donors (Lipinski definition) is 5. The molecule has 0 bridgehead atoms. The van der Waals surface area contributed by atoms with Crippen LogP contribution < -0.4 is 9.62 Å². The number of benzene rings is 2. The fourth-order valence-corrected chi connectivity index (χ4v) is 6.62. The van der Waals surface area contributed by atoms with Crippen molar-refractivity contribution in [3.8, 4) is 17.4 Å². The first-order valence-electron chi connectivity index (χ1n) is 13.5. The quantitative estimate of drug-likeness (QED) is 0.243. The number of sulfonamides is 1. The van der Waals surface area contributed by atoms with E-state index in [0.29, 0.717) is 5.76 Å². The third-order valence-corrected chi connectivity index (χ3v) is 9.37. The Kier molecular flexibility index (Phi) is 8.70. The molecule has 2 aliphatic rings. The van der Waals surface area contributed by atoms with Crippen LogP contribution in [0.3, 0.4) is 0 Å². The Labute approximate surface area is 243 Å². The number of piperazine rings is 1. The first-order chi connectivity index (χ1) is 20.0. The smallest absolute Gasteiger partial charge is 0.251 e. The van der Waals surface area contributed by atoms with Gasteiger partial charge in [0.25, 0.3) is 10.0 Å². The van der Waals surface area contributed by atoms with Gasteiger partial charge in [0, 0.05) is 43.0 Å². The molecule has 2 fully saturated rings. The normalized spacial score (nSPS) is 26.2. The first-order valence-corrected chi connectivity index (χ1v) is 15.0. The van der Waals surface area contributed by atoms with Gasteiger partial charge in [-0.2, -0.15) is 9.98 Å². The Morgan fingerprint density at radius 1 is 1.02 bits per heavy atom. The van der Waals surface area contributed by atoms with Crippen LogP contribution in [0.4, 0.5) is 5.69 Å². The zero-order valence-corrected chi connectivity index (χ0v) is 24.0. The molecular weight excluding hydrogens is 564 g/mol. The van der Waals surface area contributed by atoms with Crippen molar-refractivity contribution in [3.05, 3.63) is 59.2 Å². The minimum Gasteiger partial charge on any atom is -0.456 e. The molecule has 0 aliphatic carbocycles. The van der Waals surface area contributed by atoms with E-state index in [1.807, 2.05) is 22.9 Å². The molecule has 224 valence electrons. The summed E-state index contributed by atoms with van der Waals surface area (Å²) in [5, 5.41) is 51.7. The van der Waals surface area contributed by atoms with Crippen molar-refractivity contribution in [1.29, 1.82) is 5.26 Å². The summed E-state index contributed by atoms with van der Waals surface area (Å²) in [6, 6.07) is 15.4. The number of likely N-dealkylation sites (N-methyl/N-ethyl adjacent to an activating group) is 1. The van der Waals surface area contributed by atoms with E-state index in [2.05, 4.69) is 35.0 Å². The van der Waals surface area contributed by atoms with E-state index < -0.39 is 52.2 Å². The molecule has 2 aromatic carbocycles. The molecule has 0 amide bonds. The van der Waals surface area contributed by atoms with E-state index in [4.69, 9.17) is 9.15 Å². The standard InChI is InChI=1S/C29H34N4O8S/c1-17(25(15-30)42(38,39)31-26-28(36)27(35)24(16-34)41-29(26)37)22-7-8-23(40-22)20-4-3-19-14-21(6-5-18(19)13-20)33-11-9-32(2)10-12-33/h3-8,13-14,24,26-29,31,34-37H,9-12,16H2,1-2H3/b25-17+/t24-,26-,27-,28-,29?/m1/s1. The lowest BCUT2D eigenvalue weighted by molar-refractivity contribution is -0.251. The average Bonchev–Trinajstić information content (AvgIpc) is 3.48. The van der Waals surface area contributed by atoms with Crippen molar-refractivity contribution in [1.82, 2.24) is 9.62 Å².